The third kappa shape index (κ3) is 1.51. The summed E-state index contributed by atoms with van der Waals surface area (Å²) in [5.41, 5.74) is 8.73. The lowest BCUT2D eigenvalue weighted by atomic mass is 9.98. The van der Waals surface area contributed by atoms with Crippen LogP contribution in [0.15, 0.2) is 29.0 Å². The van der Waals surface area contributed by atoms with E-state index < -0.39 is 0 Å². The van der Waals surface area contributed by atoms with Crippen LogP contribution in [0.4, 0.5) is 0 Å². The Morgan fingerprint density at radius 1 is 1.43 bits per heavy atom. The summed E-state index contributed by atoms with van der Waals surface area (Å²) < 4.78 is 5.27. The third-order valence-electron chi connectivity index (χ3n) is 2.43. The van der Waals surface area contributed by atoms with Gasteiger partial charge in [-0.15, -0.1) is 0 Å². The SMILES string of the molecule is CC(C)C(N)c1cnc2ccoc2c1. The van der Waals surface area contributed by atoms with Crippen molar-refractivity contribution in [3.63, 3.8) is 0 Å². The van der Waals surface area contributed by atoms with Crippen LogP contribution >= 0.6 is 0 Å². The van der Waals surface area contributed by atoms with E-state index in [1.165, 1.54) is 0 Å². The van der Waals surface area contributed by atoms with Gasteiger partial charge in [-0.1, -0.05) is 13.8 Å². The predicted octanol–water partition coefficient (Wildman–Crippen LogP) is 2.48. The first-order chi connectivity index (χ1) is 6.68. The molecule has 0 saturated carbocycles. The molecule has 74 valence electrons. The van der Waals surface area contributed by atoms with E-state index in [4.69, 9.17) is 10.2 Å². The zero-order chi connectivity index (χ0) is 10.1. The standard InChI is InChI=1S/C11H14N2O/c1-7(2)11(12)8-5-10-9(13-6-8)3-4-14-10/h3-7,11H,12H2,1-2H3. The van der Waals surface area contributed by atoms with Crippen molar-refractivity contribution in [2.24, 2.45) is 11.7 Å². The monoisotopic (exact) mass is 190 g/mol. The van der Waals surface area contributed by atoms with E-state index in [1.54, 1.807) is 6.26 Å². The number of hydrogen-bond donors (Lipinski definition) is 1. The number of nitrogens with two attached hydrogens (primary N) is 1. The minimum Gasteiger partial charge on any atom is -0.463 e. The number of furan rings is 1. The molecular weight excluding hydrogens is 176 g/mol. The van der Waals surface area contributed by atoms with E-state index in [0.717, 1.165) is 16.7 Å². The maximum Gasteiger partial charge on any atom is 0.152 e. The smallest absolute Gasteiger partial charge is 0.152 e. The second-order valence-corrected chi connectivity index (χ2v) is 3.84. The Bertz CT molecular complexity index is 434. The summed E-state index contributed by atoms with van der Waals surface area (Å²) in [6.45, 7) is 4.19. The third-order valence-corrected chi connectivity index (χ3v) is 2.43. The highest BCUT2D eigenvalue weighted by Gasteiger charge is 2.11. The molecule has 3 nitrogen and oxygen atoms in total. The van der Waals surface area contributed by atoms with Crippen molar-refractivity contribution in [2.45, 2.75) is 19.9 Å². The Balaban J connectivity index is 2.43. The summed E-state index contributed by atoms with van der Waals surface area (Å²) in [5, 5.41) is 0. The molecule has 0 bridgehead atoms. The van der Waals surface area contributed by atoms with E-state index >= 15 is 0 Å². The fraction of sp³-hybridized carbons (Fsp3) is 0.364. The molecule has 1 atom stereocenters. The maximum atomic E-state index is 6.02. The lowest BCUT2D eigenvalue weighted by molar-refractivity contribution is 0.512. The molecule has 3 heteroatoms. The molecule has 0 spiro atoms. The first kappa shape index (κ1) is 9.21. The van der Waals surface area contributed by atoms with Crippen molar-refractivity contribution in [3.05, 3.63) is 30.2 Å². The topological polar surface area (TPSA) is 52.0 Å². The highest BCUT2D eigenvalue weighted by molar-refractivity contribution is 5.72. The molecule has 0 aromatic carbocycles. The normalized spacial score (nSPS) is 13.7. The first-order valence-electron chi connectivity index (χ1n) is 4.77. The van der Waals surface area contributed by atoms with E-state index in [-0.39, 0.29) is 6.04 Å². The number of rotatable bonds is 2. The van der Waals surface area contributed by atoms with Gasteiger partial charge < -0.3 is 10.2 Å². The molecule has 2 aromatic heterocycles. The first-order valence-corrected chi connectivity index (χ1v) is 4.77. The molecule has 0 saturated heterocycles. The molecule has 0 fully saturated rings. The van der Waals surface area contributed by atoms with E-state index in [1.807, 2.05) is 18.3 Å². The van der Waals surface area contributed by atoms with Crippen LogP contribution in [0.3, 0.4) is 0 Å². The Kier molecular flexibility index (Phi) is 2.25. The van der Waals surface area contributed by atoms with Gasteiger partial charge in [0.15, 0.2) is 5.58 Å². The van der Waals surface area contributed by atoms with Gasteiger partial charge in [-0.05, 0) is 17.5 Å². The van der Waals surface area contributed by atoms with Crippen LogP contribution in [0.2, 0.25) is 0 Å². The summed E-state index contributed by atoms with van der Waals surface area (Å²) in [5.74, 6) is 0.407. The van der Waals surface area contributed by atoms with Crippen LogP contribution in [0.25, 0.3) is 11.1 Å². The summed E-state index contributed by atoms with van der Waals surface area (Å²) in [6, 6.07) is 3.84. The van der Waals surface area contributed by atoms with Gasteiger partial charge in [0.2, 0.25) is 0 Å². The van der Waals surface area contributed by atoms with Crippen molar-refractivity contribution < 1.29 is 4.42 Å². The van der Waals surface area contributed by atoms with E-state index in [2.05, 4.69) is 18.8 Å². The molecule has 0 radical (unpaired) electrons. The lowest BCUT2D eigenvalue weighted by Gasteiger charge is -2.14. The molecule has 2 aromatic rings. The molecule has 0 aliphatic heterocycles. The van der Waals surface area contributed by atoms with Gasteiger partial charge >= 0.3 is 0 Å². The number of hydrogen-bond acceptors (Lipinski definition) is 3. The van der Waals surface area contributed by atoms with Gasteiger partial charge in [0.05, 0.1) is 6.26 Å². The molecule has 0 amide bonds. The lowest BCUT2D eigenvalue weighted by Crippen LogP contribution is -2.16. The van der Waals surface area contributed by atoms with Crippen LogP contribution in [-0.4, -0.2) is 4.98 Å². The van der Waals surface area contributed by atoms with E-state index in [0.29, 0.717) is 5.92 Å². The summed E-state index contributed by atoms with van der Waals surface area (Å²) >= 11 is 0. The van der Waals surface area contributed by atoms with Crippen molar-refractivity contribution in [2.75, 3.05) is 0 Å². The quantitative estimate of drug-likeness (QED) is 0.791. The second-order valence-electron chi connectivity index (χ2n) is 3.84. The number of aromatic nitrogens is 1. The van der Waals surface area contributed by atoms with Gasteiger partial charge in [0.25, 0.3) is 0 Å². The Morgan fingerprint density at radius 2 is 2.21 bits per heavy atom. The zero-order valence-electron chi connectivity index (χ0n) is 8.40. The predicted molar refractivity (Wildman–Crippen MR) is 55.8 cm³/mol. The fourth-order valence-corrected chi connectivity index (χ4v) is 1.43. The summed E-state index contributed by atoms with van der Waals surface area (Å²) in [6.07, 6.45) is 3.46. The molecule has 2 N–H and O–H groups in total. The minimum absolute atomic E-state index is 0.0250. The van der Waals surface area contributed by atoms with Gasteiger partial charge in [-0.2, -0.15) is 0 Å². The van der Waals surface area contributed by atoms with Gasteiger partial charge in [0, 0.05) is 18.3 Å². The van der Waals surface area contributed by atoms with Crippen molar-refractivity contribution >= 4 is 11.1 Å². The van der Waals surface area contributed by atoms with Crippen LogP contribution < -0.4 is 5.73 Å². The average Bonchev–Trinajstić information content (AvgIpc) is 2.62. The van der Waals surface area contributed by atoms with Crippen molar-refractivity contribution in [1.29, 1.82) is 0 Å². The van der Waals surface area contributed by atoms with Crippen LogP contribution in [0, 0.1) is 5.92 Å². The Labute approximate surface area is 82.9 Å². The van der Waals surface area contributed by atoms with Crippen molar-refractivity contribution in [3.8, 4) is 0 Å². The molecule has 0 aliphatic carbocycles. The highest BCUT2D eigenvalue weighted by atomic mass is 16.3. The Morgan fingerprint density at radius 3 is 2.93 bits per heavy atom. The summed E-state index contributed by atoms with van der Waals surface area (Å²) in [4.78, 5) is 4.27. The molecule has 2 rings (SSSR count). The molecule has 2 heterocycles. The molecule has 1 unspecified atom stereocenters. The van der Waals surface area contributed by atoms with Crippen LogP contribution in [-0.2, 0) is 0 Å². The second kappa shape index (κ2) is 3.42. The molecule has 14 heavy (non-hydrogen) atoms. The van der Waals surface area contributed by atoms with E-state index in [9.17, 15) is 0 Å². The zero-order valence-corrected chi connectivity index (χ0v) is 8.40. The van der Waals surface area contributed by atoms with Crippen LogP contribution in [0.5, 0.6) is 0 Å². The minimum atomic E-state index is 0.0250. The van der Waals surface area contributed by atoms with Gasteiger partial charge in [0.1, 0.15) is 5.52 Å². The largest absolute Gasteiger partial charge is 0.463 e. The maximum absolute atomic E-state index is 6.02. The van der Waals surface area contributed by atoms with Gasteiger partial charge in [-0.25, -0.2) is 0 Å². The highest BCUT2D eigenvalue weighted by Crippen LogP contribution is 2.22. The number of pyridine rings is 1. The van der Waals surface area contributed by atoms with Crippen molar-refractivity contribution in [1.82, 2.24) is 4.98 Å². The fourth-order valence-electron chi connectivity index (χ4n) is 1.43. The van der Waals surface area contributed by atoms with Crippen LogP contribution in [0.1, 0.15) is 25.5 Å². The average molecular weight is 190 g/mol. The van der Waals surface area contributed by atoms with Gasteiger partial charge in [-0.3, -0.25) is 4.98 Å². The number of nitrogens with zero attached hydrogens (tertiary/aromatic N) is 1. The summed E-state index contributed by atoms with van der Waals surface area (Å²) in [7, 11) is 0. The Hall–Kier alpha value is -1.35. The number of fused-ring (bicyclic) bond motifs is 1. The molecule has 0 aliphatic rings. The molecular formula is C11H14N2O.